The Hall–Kier alpha value is -1.39. The van der Waals surface area contributed by atoms with E-state index >= 15 is 0 Å². The highest BCUT2D eigenvalue weighted by molar-refractivity contribution is 7.14. The fraction of sp³-hybridized carbons (Fsp3) is 0.0909. The van der Waals surface area contributed by atoms with E-state index in [1.54, 1.807) is 5.51 Å². The molecule has 0 aliphatic rings. The van der Waals surface area contributed by atoms with Crippen LogP contribution < -0.4 is 0 Å². The molecule has 1 aromatic carbocycles. The van der Waals surface area contributed by atoms with Crippen molar-refractivity contribution in [2.75, 3.05) is 0 Å². The molecule has 0 aliphatic carbocycles. The average Bonchev–Trinajstić information content (AvgIpc) is 2.84. The van der Waals surface area contributed by atoms with Crippen molar-refractivity contribution in [1.82, 2.24) is 14.6 Å². The second-order valence-corrected chi connectivity index (χ2v) is 4.73. The minimum absolute atomic E-state index is 0.737. The molecule has 16 heavy (non-hydrogen) atoms. The summed E-state index contributed by atoms with van der Waals surface area (Å²) in [6.45, 7) is 2.02. The van der Waals surface area contributed by atoms with Gasteiger partial charge in [0.15, 0.2) is 0 Å². The van der Waals surface area contributed by atoms with E-state index in [0.717, 1.165) is 26.9 Å². The Kier molecular flexibility index (Phi) is 2.19. The summed E-state index contributed by atoms with van der Waals surface area (Å²) in [6, 6.07) is 7.69. The standard InChI is InChI=1S/C11H8ClN3S/c1-7-10(8-2-4-9(12)5-3-8)14-11-15(7)13-6-16-11/h2-6H,1H3. The van der Waals surface area contributed by atoms with E-state index in [1.165, 1.54) is 11.3 Å². The third kappa shape index (κ3) is 1.42. The first-order valence-electron chi connectivity index (χ1n) is 4.80. The molecule has 3 nitrogen and oxygen atoms in total. The maximum atomic E-state index is 5.86. The lowest BCUT2D eigenvalue weighted by Crippen LogP contribution is -1.87. The molecule has 0 saturated carbocycles. The summed E-state index contributed by atoms with van der Waals surface area (Å²) in [7, 11) is 0. The van der Waals surface area contributed by atoms with Gasteiger partial charge in [-0.1, -0.05) is 35.1 Å². The second-order valence-electron chi connectivity index (χ2n) is 3.49. The van der Waals surface area contributed by atoms with Gasteiger partial charge in [0.25, 0.3) is 0 Å². The normalized spacial score (nSPS) is 11.1. The van der Waals surface area contributed by atoms with Crippen molar-refractivity contribution in [3.05, 3.63) is 40.5 Å². The number of imidazole rings is 1. The largest absolute Gasteiger partial charge is 0.217 e. The predicted molar refractivity (Wildman–Crippen MR) is 66.0 cm³/mol. The van der Waals surface area contributed by atoms with Crippen molar-refractivity contribution in [1.29, 1.82) is 0 Å². The number of hydrogen-bond acceptors (Lipinski definition) is 3. The maximum absolute atomic E-state index is 5.86. The molecular weight excluding hydrogens is 242 g/mol. The van der Waals surface area contributed by atoms with Gasteiger partial charge in [-0.3, -0.25) is 0 Å². The molecule has 0 spiro atoms. The summed E-state index contributed by atoms with van der Waals surface area (Å²) >= 11 is 7.40. The van der Waals surface area contributed by atoms with Crippen molar-refractivity contribution in [3.63, 3.8) is 0 Å². The first-order valence-corrected chi connectivity index (χ1v) is 6.06. The van der Waals surface area contributed by atoms with Crippen LogP contribution >= 0.6 is 22.9 Å². The summed E-state index contributed by atoms with van der Waals surface area (Å²) < 4.78 is 1.86. The number of nitrogens with zero attached hydrogens (tertiary/aromatic N) is 3. The highest BCUT2D eigenvalue weighted by Crippen LogP contribution is 2.25. The van der Waals surface area contributed by atoms with E-state index in [9.17, 15) is 0 Å². The van der Waals surface area contributed by atoms with Gasteiger partial charge in [-0.25, -0.2) is 9.50 Å². The molecule has 80 valence electrons. The van der Waals surface area contributed by atoms with Gasteiger partial charge in [0.2, 0.25) is 4.96 Å². The fourth-order valence-corrected chi connectivity index (χ4v) is 2.47. The van der Waals surface area contributed by atoms with Crippen LogP contribution in [0.3, 0.4) is 0 Å². The molecule has 0 atom stereocenters. The van der Waals surface area contributed by atoms with Gasteiger partial charge >= 0.3 is 0 Å². The molecule has 5 heteroatoms. The van der Waals surface area contributed by atoms with E-state index in [2.05, 4.69) is 10.1 Å². The van der Waals surface area contributed by atoms with Gasteiger partial charge in [-0.15, -0.1) is 0 Å². The highest BCUT2D eigenvalue weighted by atomic mass is 35.5. The minimum Gasteiger partial charge on any atom is -0.217 e. The Morgan fingerprint density at radius 3 is 2.69 bits per heavy atom. The van der Waals surface area contributed by atoms with Crippen LogP contribution in [0.5, 0.6) is 0 Å². The molecule has 2 aromatic heterocycles. The summed E-state index contributed by atoms with van der Waals surface area (Å²) in [4.78, 5) is 5.47. The van der Waals surface area contributed by atoms with Crippen LogP contribution in [0.15, 0.2) is 29.8 Å². The Labute approximate surface area is 101 Å². The predicted octanol–water partition coefficient (Wildman–Crippen LogP) is 3.42. The van der Waals surface area contributed by atoms with Gasteiger partial charge in [-0.2, -0.15) is 5.10 Å². The van der Waals surface area contributed by atoms with Crippen LogP contribution in [0.2, 0.25) is 5.02 Å². The zero-order valence-corrected chi connectivity index (χ0v) is 10.1. The van der Waals surface area contributed by atoms with E-state index in [1.807, 2.05) is 35.7 Å². The number of fused-ring (bicyclic) bond motifs is 1. The van der Waals surface area contributed by atoms with Crippen molar-refractivity contribution in [3.8, 4) is 11.3 Å². The summed E-state index contributed by atoms with van der Waals surface area (Å²) in [6.07, 6.45) is 0. The van der Waals surface area contributed by atoms with Crippen LogP contribution in [0, 0.1) is 6.92 Å². The van der Waals surface area contributed by atoms with Crippen LogP contribution in [0.4, 0.5) is 0 Å². The molecule has 0 fully saturated rings. The summed E-state index contributed by atoms with van der Waals surface area (Å²) in [5, 5.41) is 4.97. The van der Waals surface area contributed by atoms with Gasteiger partial charge in [0.1, 0.15) is 5.51 Å². The summed E-state index contributed by atoms with van der Waals surface area (Å²) in [5.41, 5.74) is 4.88. The Morgan fingerprint density at radius 1 is 1.25 bits per heavy atom. The molecule has 0 aliphatic heterocycles. The number of aryl methyl sites for hydroxylation is 1. The van der Waals surface area contributed by atoms with Crippen LogP contribution in [0.1, 0.15) is 5.69 Å². The monoisotopic (exact) mass is 249 g/mol. The number of rotatable bonds is 1. The van der Waals surface area contributed by atoms with E-state index in [4.69, 9.17) is 11.6 Å². The minimum atomic E-state index is 0.737. The SMILES string of the molecule is Cc1c(-c2ccc(Cl)cc2)nc2scnn12. The molecule has 3 rings (SSSR count). The quantitative estimate of drug-likeness (QED) is 0.662. The third-order valence-corrected chi connectivity index (χ3v) is 3.41. The number of benzene rings is 1. The maximum Gasteiger partial charge on any atom is 0.212 e. The zero-order chi connectivity index (χ0) is 11.1. The average molecular weight is 250 g/mol. The van der Waals surface area contributed by atoms with Gasteiger partial charge in [-0.05, 0) is 19.1 Å². The molecule has 0 unspecified atom stereocenters. The Balaban J connectivity index is 2.21. The van der Waals surface area contributed by atoms with Crippen molar-refractivity contribution >= 4 is 27.9 Å². The molecular formula is C11H8ClN3S. The number of hydrogen-bond donors (Lipinski definition) is 0. The van der Waals surface area contributed by atoms with Gasteiger partial charge in [0.05, 0.1) is 11.4 Å². The van der Waals surface area contributed by atoms with Crippen LogP contribution in [0.25, 0.3) is 16.2 Å². The molecule has 0 N–H and O–H groups in total. The third-order valence-electron chi connectivity index (χ3n) is 2.49. The lowest BCUT2D eigenvalue weighted by atomic mass is 10.1. The molecule has 0 radical (unpaired) electrons. The molecule has 2 heterocycles. The van der Waals surface area contributed by atoms with Gasteiger partial charge < -0.3 is 0 Å². The van der Waals surface area contributed by atoms with E-state index in [-0.39, 0.29) is 0 Å². The molecule has 0 amide bonds. The lowest BCUT2D eigenvalue weighted by Gasteiger charge is -1.98. The fourth-order valence-electron chi connectivity index (χ4n) is 1.68. The lowest BCUT2D eigenvalue weighted by molar-refractivity contribution is 0.932. The first kappa shape index (κ1) is 9.81. The smallest absolute Gasteiger partial charge is 0.212 e. The van der Waals surface area contributed by atoms with Crippen LogP contribution in [-0.4, -0.2) is 14.6 Å². The number of halogens is 1. The van der Waals surface area contributed by atoms with Crippen molar-refractivity contribution < 1.29 is 0 Å². The first-order chi connectivity index (χ1) is 7.75. The van der Waals surface area contributed by atoms with Gasteiger partial charge in [0, 0.05) is 10.6 Å². The Morgan fingerprint density at radius 2 is 2.00 bits per heavy atom. The highest BCUT2D eigenvalue weighted by Gasteiger charge is 2.11. The molecule has 0 saturated heterocycles. The van der Waals surface area contributed by atoms with Crippen molar-refractivity contribution in [2.45, 2.75) is 6.92 Å². The molecule has 0 bridgehead atoms. The van der Waals surface area contributed by atoms with E-state index < -0.39 is 0 Å². The summed E-state index contributed by atoms with van der Waals surface area (Å²) in [5.74, 6) is 0. The molecule has 3 aromatic rings. The van der Waals surface area contributed by atoms with Crippen LogP contribution in [-0.2, 0) is 0 Å². The number of aromatic nitrogens is 3. The second kappa shape index (κ2) is 3.57. The Bertz CT molecular complexity index is 639. The van der Waals surface area contributed by atoms with E-state index in [0.29, 0.717) is 0 Å². The van der Waals surface area contributed by atoms with Crippen molar-refractivity contribution in [2.24, 2.45) is 0 Å². The topological polar surface area (TPSA) is 30.2 Å². The zero-order valence-electron chi connectivity index (χ0n) is 8.51.